The van der Waals surface area contributed by atoms with Gasteiger partial charge >= 0.3 is 0 Å². The van der Waals surface area contributed by atoms with Gasteiger partial charge in [-0.05, 0) is 49.6 Å². The van der Waals surface area contributed by atoms with E-state index in [1.807, 2.05) is 12.1 Å². The molecule has 0 radical (unpaired) electrons. The van der Waals surface area contributed by atoms with Gasteiger partial charge in [0.1, 0.15) is 11.3 Å². The minimum atomic E-state index is 0.243. The van der Waals surface area contributed by atoms with Gasteiger partial charge in [-0.25, -0.2) is 0 Å². The second-order valence-electron chi connectivity index (χ2n) is 5.68. The van der Waals surface area contributed by atoms with E-state index in [0.29, 0.717) is 11.8 Å². The molecule has 1 aromatic carbocycles. The van der Waals surface area contributed by atoms with Crippen LogP contribution < -0.4 is 5.32 Å². The molecule has 0 aliphatic rings. The monoisotopic (exact) mass is 323 g/mol. The molecule has 1 aromatic heterocycles. The van der Waals surface area contributed by atoms with Crippen molar-refractivity contribution >= 4 is 26.9 Å². The zero-order valence-electron chi connectivity index (χ0n) is 12.0. The Labute approximate surface area is 123 Å². The maximum atomic E-state index is 5.89. The van der Waals surface area contributed by atoms with Crippen molar-refractivity contribution in [2.45, 2.75) is 33.7 Å². The summed E-state index contributed by atoms with van der Waals surface area (Å²) in [6.45, 7) is 9.96. The zero-order valence-corrected chi connectivity index (χ0v) is 13.6. The van der Waals surface area contributed by atoms with Gasteiger partial charge in [-0.1, -0.05) is 36.7 Å². The first-order valence-corrected chi connectivity index (χ1v) is 7.69. The Morgan fingerprint density at radius 3 is 2.58 bits per heavy atom. The summed E-state index contributed by atoms with van der Waals surface area (Å²) in [5.41, 5.74) is 0.948. The molecule has 0 saturated carbocycles. The SMILES string of the molecule is CC(NCC(C)C(C)C)c1cc2cc(Br)ccc2o1. The smallest absolute Gasteiger partial charge is 0.134 e. The van der Waals surface area contributed by atoms with Crippen LogP contribution in [0.1, 0.15) is 39.5 Å². The molecule has 19 heavy (non-hydrogen) atoms. The number of hydrogen-bond donors (Lipinski definition) is 1. The van der Waals surface area contributed by atoms with Crippen LogP contribution in [0.2, 0.25) is 0 Å². The molecule has 0 aliphatic carbocycles. The first-order chi connectivity index (χ1) is 8.97. The standard InChI is InChI=1S/C16H22BrNO/c1-10(2)11(3)9-18-12(4)16-8-13-7-14(17)5-6-15(13)19-16/h5-8,10-12,18H,9H2,1-4H3. The number of halogens is 1. The largest absolute Gasteiger partial charge is 0.459 e. The minimum Gasteiger partial charge on any atom is -0.459 e. The highest BCUT2D eigenvalue weighted by molar-refractivity contribution is 9.10. The van der Waals surface area contributed by atoms with Crippen molar-refractivity contribution in [3.63, 3.8) is 0 Å². The molecule has 2 unspecified atom stereocenters. The van der Waals surface area contributed by atoms with Gasteiger partial charge in [0, 0.05) is 9.86 Å². The molecule has 1 N–H and O–H groups in total. The number of furan rings is 1. The molecule has 0 spiro atoms. The Kier molecular flexibility index (Phi) is 4.69. The molecule has 2 rings (SSSR count). The van der Waals surface area contributed by atoms with Gasteiger partial charge in [-0.3, -0.25) is 0 Å². The lowest BCUT2D eigenvalue weighted by Gasteiger charge is -2.19. The Hall–Kier alpha value is -0.800. The predicted octanol–water partition coefficient (Wildman–Crippen LogP) is 5.14. The third-order valence-corrected chi connectivity index (χ3v) is 4.30. The van der Waals surface area contributed by atoms with Crippen molar-refractivity contribution < 1.29 is 4.42 Å². The Morgan fingerprint density at radius 2 is 1.89 bits per heavy atom. The van der Waals surface area contributed by atoms with Crippen LogP contribution in [0.25, 0.3) is 11.0 Å². The molecule has 3 heteroatoms. The third-order valence-electron chi connectivity index (χ3n) is 3.81. The van der Waals surface area contributed by atoms with E-state index >= 15 is 0 Å². The predicted molar refractivity (Wildman–Crippen MR) is 84.3 cm³/mol. The van der Waals surface area contributed by atoms with Crippen LogP contribution in [0.3, 0.4) is 0 Å². The molecule has 0 amide bonds. The summed E-state index contributed by atoms with van der Waals surface area (Å²) in [7, 11) is 0. The summed E-state index contributed by atoms with van der Waals surface area (Å²) in [5, 5.41) is 4.70. The molecule has 1 heterocycles. The van der Waals surface area contributed by atoms with Crippen LogP contribution in [-0.4, -0.2) is 6.54 Å². The van der Waals surface area contributed by atoms with Crippen molar-refractivity contribution in [3.8, 4) is 0 Å². The maximum absolute atomic E-state index is 5.89. The van der Waals surface area contributed by atoms with E-state index < -0.39 is 0 Å². The summed E-state index contributed by atoms with van der Waals surface area (Å²) in [6, 6.07) is 8.47. The summed E-state index contributed by atoms with van der Waals surface area (Å²) in [5.74, 6) is 2.37. The van der Waals surface area contributed by atoms with Crippen molar-refractivity contribution in [2.75, 3.05) is 6.54 Å². The summed E-state index contributed by atoms with van der Waals surface area (Å²) in [6.07, 6.45) is 0. The minimum absolute atomic E-state index is 0.243. The fourth-order valence-corrected chi connectivity index (χ4v) is 2.33. The van der Waals surface area contributed by atoms with E-state index in [1.54, 1.807) is 0 Å². The van der Waals surface area contributed by atoms with Gasteiger partial charge in [0.05, 0.1) is 6.04 Å². The van der Waals surface area contributed by atoms with Gasteiger partial charge in [0.2, 0.25) is 0 Å². The van der Waals surface area contributed by atoms with Crippen molar-refractivity contribution in [1.29, 1.82) is 0 Å². The van der Waals surface area contributed by atoms with Crippen molar-refractivity contribution in [2.24, 2.45) is 11.8 Å². The molecule has 104 valence electrons. The van der Waals surface area contributed by atoms with Crippen LogP contribution in [0.15, 0.2) is 33.2 Å². The molecule has 0 aliphatic heterocycles. The molecule has 2 atom stereocenters. The van der Waals surface area contributed by atoms with Gasteiger partial charge < -0.3 is 9.73 Å². The molecular formula is C16H22BrNO. The van der Waals surface area contributed by atoms with Crippen LogP contribution >= 0.6 is 15.9 Å². The van der Waals surface area contributed by atoms with E-state index in [1.165, 1.54) is 0 Å². The molecule has 0 fully saturated rings. The highest BCUT2D eigenvalue weighted by Gasteiger charge is 2.13. The lowest BCUT2D eigenvalue weighted by molar-refractivity contribution is 0.358. The Bertz CT molecular complexity index is 547. The number of hydrogen-bond acceptors (Lipinski definition) is 2. The molecule has 2 aromatic rings. The van der Waals surface area contributed by atoms with Crippen LogP contribution in [0, 0.1) is 11.8 Å². The number of rotatable bonds is 5. The van der Waals surface area contributed by atoms with E-state index in [2.05, 4.69) is 61.1 Å². The topological polar surface area (TPSA) is 25.2 Å². The van der Waals surface area contributed by atoms with Crippen LogP contribution in [0.4, 0.5) is 0 Å². The first-order valence-electron chi connectivity index (χ1n) is 6.89. The zero-order chi connectivity index (χ0) is 14.0. The quantitative estimate of drug-likeness (QED) is 0.824. The number of fused-ring (bicyclic) bond motifs is 1. The number of nitrogens with one attached hydrogen (secondary N) is 1. The fraction of sp³-hybridized carbons (Fsp3) is 0.500. The number of benzene rings is 1. The summed E-state index contributed by atoms with van der Waals surface area (Å²) < 4.78 is 6.98. The average Bonchev–Trinajstić information content (AvgIpc) is 2.78. The second kappa shape index (κ2) is 6.10. The van der Waals surface area contributed by atoms with Crippen molar-refractivity contribution in [1.82, 2.24) is 5.32 Å². The van der Waals surface area contributed by atoms with Crippen molar-refractivity contribution in [3.05, 3.63) is 34.5 Å². The van der Waals surface area contributed by atoms with Gasteiger partial charge in [-0.15, -0.1) is 0 Å². The van der Waals surface area contributed by atoms with E-state index in [-0.39, 0.29) is 6.04 Å². The van der Waals surface area contributed by atoms with E-state index in [9.17, 15) is 0 Å². The Balaban J connectivity index is 2.07. The third kappa shape index (κ3) is 3.61. The van der Waals surface area contributed by atoms with E-state index in [0.717, 1.165) is 27.7 Å². The van der Waals surface area contributed by atoms with Gasteiger partial charge in [0.15, 0.2) is 0 Å². The van der Waals surface area contributed by atoms with Crippen LogP contribution in [0.5, 0.6) is 0 Å². The molecule has 0 saturated heterocycles. The molecular weight excluding hydrogens is 302 g/mol. The molecule has 0 bridgehead atoms. The van der Waals surface area contributed by atoms with E-state index in [4.69, 9.17) is 4.42 Å². The van der Waals surface area contributed by atoms with Gasteiger partial charge in [0.25, 0.3) is 0 Å². The highest BCUT2D eigenvalue weighted by atomic mass is 79.9. The Morgan fingerprint density at radius 1 is 1.16 bits per heavy atom. The highest BCUT2D eigenvalue weighted by Crippen LogP contribution is 2.26. The lowest BCUT2D eigenvalue weighted by atomic mass is 9.98. The first kappa shape index (κ1) is 14.6. The second-order valence-corrected chi connectivity index (χ2v) is 6.60. The average molecular weight is 324 g/mol. The summed E-state index contributed by atoms with van der Waals surface area (Å²) >= 11 is 3.49. The normalized spacial score (nSPS) is 15.1. The molecule has 2 nitrogen and oxygen atoms in total. The summed E-state index contributed by atoms with van der Waals surface area (Å²) in [4.78, 5) is 0. The van der Waals surface area contributed by atoms with Crippen LogP contribution in [-0.2, 0) is 0 Å². The van der Waals surface area contributed by atoms with Gasteiger partial charge in [-0.2, -0.15) is 0 Å². The lowest BCUT2D eigenvalue weighted by Crippen LogP contribution is -2.26. The maximum Gasteiger partial charge on any atom is 0.134 e. The fourth-order valence-electron chi connectivity index (χ4n) is 1.95.